The maximum atomic E-state index is 13.7. The van der Waals surface area contributed by atoms with Gasteiger partial charge in [0.1, 0.15) is 11.0 Å². The second kappa shape index (κ2) is 10.1. The second-order valence-electron chi connectivity index (χ2n) is 9.42. The van der Waals surface area contributed by atoms with Crippen molar-refractivity contribution in [1.82, 2.24) is 24.3 Å². The van der Waals surface area contributed by atoms with Crippen LogP contribution in [0.3, 0.4) is 0 Å². The molecule has 5 aromatic rings. The summed E-state index contributed by atoms with van der Waals surface area (Å²) in [5.74, 6) is 1.94. The Kier molecular flexibility index (Phi) is 6.78. The molecule has 0 atom stereocenters. The zero-order valence-electron chi connectivity index (χ0n) is 20.9. The Hall–Kier alpha value is -3.65. The van der Waals surface area contributed by atoms with E-state index in [-0.39, 0.29) is 5.56 Å². The summed E-state index contributed by atoms with van der Waals surface area (Å²) in [5.41, 5.74) is 5.36. The number of hydrogen-bond donors (Lipinski definition) is 0. The van der Waals surface area contributed by atoms with Gasteiger partial charge in [0.25, 0.3) is 5.56 Å². The summed E-state index contributed by atoms with van der Waals surface area (Å²) in [4.78, 5) is 23.3. The van der Waals surface area contributed by atoms with Gasteiger partial charge in [0.2, 0.25) is 11.7 Å². The van der Waals surface area contributed by atoms with Gasteiger partial charge in [-0.3, -0.25) is 9.36 Å². The normalized spacial score (nSPS) is 11.6. The highest BCUT2D eigenvalue weighted by molar-refractivity contribution is 7.98. The zero-order chi connectivity index (χ0) is 25.2. The van der Waals surface area contributed by atoms with E-state index >= 15 is 0 Å². The summed E-state index contributed by atoms with van der Waals surface area (Å²) in [6.07, 6.45) is 2.87. The van der Waals surface area contributed by atoms with Crippen LogP contribution in [0.25, 0.3) is 33.5 Å². The molecule has 3 aromatic heterocycles. The molecule has 0 bridgehead atoms. The molecule has 0 unspecified atom stereocenters. The molecule has 0 saturated heterocycles. The van der Waals surface area contributed by atoms with Crippen molar-refractivity contribution in [2.24, 2.45) is 13.0 Å². The number of nitrogens with zero attached hydrogens (tertiary/aromatic N) is 5. The van der Waals surface area contributed by atoms with Crippen LogP contribution in [0.4, 0.5) is 0 Å². The lowest BCUT2D eigenvalue weighted by atomic mass is 10.1. The average Bonchev–Trinajstić information content (AvgIpc) is 3.48. The van der Waals surface area contributed by atoms with Crippen LogP contribution in [0.2, 0.25) is 0 Å². The van der Waals surface area contributed by atoms with Crippen molar-refractivity contribution in [2.45, 2.75) is 44.6 Å². The predicted octanol–water partition coefficient (Wildman–Crippen LogP) is 6.10. The lowest BCUT2D eigenvalue weighted by molar-refractivity contribution is 0.391. The molecule has 0 spiro atoms. The molecule has 0 radical (unpaired) electrons. The Labute approximate surface area is 214 Å². The molecule has 7 nitrogen and oxygen atoms in total. The van der Waals surface area contributed by atoms with E-state index in [0.717, 1.165) is 23.1 Å². The number of fused-ring (bicyclic) bond motifs is 1. The first-order valence-corrected chi connectivity index (χ1v) is 13.1. The maximum Gasteiger partial charge on any atom is 0.278 e. The number of aryl methyl sites for hydroxylation is 2. The fourth-order valence-electron chi connectivity index (χ4n) is 4.13. The highest BCUT2D eigenvalue weighted by Gasteiger charge is 2.20. The Balaban J connectivity index is 1.51. The summed E-state index contributed by atoms with van der Waals surface area (Å²) in [5, 5.41) is 4.80. The lowest BCUT2D eigenvalue weighted by Gasteiger charge is -2.13. The molecule has 184 valence electrons. The Bertz CT molecular complexity index is 1550. The van der Waals surface area contributed by atoms with Gasteiger partial charge in [-0.15, -0.1) is 0 Å². The number of aromatic nitrogens is 5. The molecule has 0 aliphatic carbocycles. The molecule has 0 saturated carbocycles. The minimum atomic E-state index is -0.0290. The van der Waals surface area contributed by atoms with E-state index in [1.54, 1.807) is 4.57 Å². The largest absolute Gasteiger partial charge is 0.344 e. The first-order chi connectivity index (χ1) is 17.4. The van der Waals surface area contributed by atoms with Crippen molar-refractivity contribution in [3.05, 3.63) is 82.6 Å². The molecule has 0 amide bonds. The number of benzene rings is 2. The van der Waals surface area contributed by atoms with E-state index < -0.39 is 0 Å². The molecule has 36 heavy (non-hydrogen) atoms. The fraction of sp³-hybridized carbons (Fsp3) is 0.286. The Morgan fingerprint density at radius 1 is 1.00 bits per heavy atom. The standard InChI is InChI=1S/C28H29N5O2S/c1-18(2)14-15-33-27(34)25-24(22(16-32(25)4)20-8-6-5-7-9-20)30-28(33)36-17-23-29-26(31-35-23)21-12-10-19(3)11-13-21/h5-13,16,18H,14-15,17H2,1-4H3. The van der Waals surface area contributed by atoms with Crippen LogP contribution in [0, 0.1) is 12.8 Å². The van der Waals surface area contributed by atoms with Crippen LogP contribution in [0.1, 0.15) is 31.7 Å². The minimum absolute atomic E-state index is 0.0290. The molecular formula is C28H29N5O2S. The lowest BCUT2D eigenvalue weighted by Crippen LogP contribution is -2.25. The predicted molar refractivity (Wildman–Crippen MR) is 144 cm³/mol. The van der Waals surface area contributed by atoms with E-state index in [0.29, 0.717) is 46.1 Å². The van der Waals surface area contributed by atoms with Crippen molar-refractivity contribution in [3.8, 4) is 22.5 Å². The van der Waals surface area contributed by atoms with Crippen LogP contribution >= 0.6 is 11.8 Å². The van der Waals surface area contributed by atoms with Crippen molar-refractivity contribution in [3.63, 3.8) is 0 Å². The maximum absolute atomic E-state index is 13.7. The van der Waals surface area contributed by atoms with Gasteiger partial charge in [0.15, 0.2) is 5.16 Å². The molecule has 0 aliphatic heterocycles. The van der Waals surface area contributed by atoms with Crippen molar-refractivity contribution < 1.29 is 4.52 Å². The van der Waals surface area contributed by atoms with Gasteiger partial charge in [0, 0.05) is 30.9 Å². The van der Waals surface area contributed by atoms with Crippen LogP contribution in [-0.2, 0) is 19.3 Å². The van der Waals surface area contributed by atoms with E-state index in [1.807, 2.05) is 79.3 Å². The quantitative estimate of drug-likeness (QED) is 0.190. The van der Waals surface area contributed by atoms with Gasteiger partial charge in [-0.05, 0) is 24.8 Å². The zero-order valence-corrected chi connectivity index (χ0v) is 21.7. The summed E-state index contributed by atoms with van der Waals surface area (Å²) >= 11 is 1.45. The van der Waals surface area contributed by atoms with Gasteiger partial charge < -0.3 is 9.09 Å². The molecular weight excluding hydrogens is 470 g/mol. The monoisotopic (exact) mass is 499 g/mol. The van der Waals surface area contributed by atoms with Gasteiger partial charge >= 0.3 is 0 Å². The molecule has 8 heteroatoms. The van der Waals surface area contributed by atoms with Crippen LogP contribution < -0.4 is 5.56 Å². The third kappa shape index (κ3) is 4.86. The van der Waals surface area contributed by atoms with Gasteiger partial charge in [-0.25, -0.2) is 4.98 Å². The van der Waals surface area contributed by atoms with E-state index in [1.165, 1.54) is 17.3 Å². The van der Waals surface area contributed by atoms with E-state index in [9.17, 15) is 4.79 Å². The molecule has 3 heterocycles. The second-order valence-corrected chi connectivity index (χ2v) is 10.4. The fourth-order valence-corrected chi connectivity index (χ4v) is 4.99. The highest BCUT2D eigenvalue weighted by atomic mass is 32.2. The number of rotatable bonds is 8. The number of hydrogen-bond acceptors (Lipinski definition) is 6. The third-order valence-corrected chi connectivity index (χ3v) is 7.12. The summed E-state index contributed by atoms with van der Waals surface area (Å²) in [7, 11) is 1.91. The topological polar surface area (TPSA) is 78.7 Å². The molecule has 0 fully saturated rings. The molecule has 2 aromatic carbocycles. The molecule has 0 aliphatic rings. The third-order valence-electron chi connectivity index (χ3n) is 6.16. The van der Waals surface area contributed by atoms with Gasteiger partial charge in [-0.2, -0.15) is 4.98 Å². The van der Waals surface area contributed by atoms with E-state index in [2.05, 4.69) is 24.0 Å². The number of thioether (sulfide) groups is 1. The summed E-state index contributed by atoms with van der Waals surface area (Å²) in [6, 6.07) is 18.1. The molecule has 0 N–H and O–H groups in total. The van der Waals surface area contributed by atoms with Crippen molar-refractivity contribution >= 4 is 22.8 Å². The van der Waals surface area contributed by atoms with Crippen LogP contribution in [0.15, 0.2) is 75.3 Å². The average molecular weight is 500 g/mol. The van der Waals surface area contributed by atoms with Gasteiger partial charge in [-0.1, -0.05) is 90.9 Å². The first kappa shape index (κ1) is 24.1. The van der Waals surface area contributed by atoms with Crippen LogP contribution in [0.5, 0.6) is 0 Å². The van der Waals surface area contributed by atoms with Crippen LogP contribution in [-0.4, -0.2) is 24.3 Å². The first-order valence-electron chi connectivity index (χ1n) is 12.1. The van der Waals surface area contributed by atoms with E-state index in [4.69, 9.17) is 9.51 Å². The minimum Gasteiger partial charge on any atom is -0.344 e. The van der Waals surface area contributed by atoms with Gasteiger partial charge in [0.05, 0.1) is 5.75 Å². The Morgan fingerprint density at radius 2 is 1.75 bits per heavy atom. The highest BCUT2D eigenvalue weighted by Crippen LogP contribution is 2.30. The summed E-state index contributed by atoms with van der Waals surface area (Å²) < 4.78 is 9.20. The Morgan fingerprint density at radius 3 is 2.47 bits per heavy atom. The van der Waals surface area contributed by atoms with Crippen molar-refractivity contribution in [2.75, 3.05) is 0 Å². The summed E-state index contributed by atoms with van der Waals surface area (Å²) in [6.45, 7) is 6.96. The SMILES string of the molecule is Cc1ccc(-c2noc(CSc3nc4c(-c5ccccc5)cn(C)c4c(=O)n3CCC(C)C)n2)cc1. The molecule has 5 rings (SSSR count). The smallest absolute Gasteiger partial charge is 0.278 e. The van der Waals surface area contributed by atoms with Crippen molar-refractivity contribution in [1.29, 1.82) is 0 Å².